The number of ether oxygens (including phenoxy) is 1. The van der Waals surface area contributed by atoms with Crippen LogP contribution < -0.4 is 0 Å². The number of fused-ring (bicyclic) bond motifs is 7. The van der Waals surface area contributed by atoms with Gasteiger partial charge in [-0.1, -0.05) is 55.4 Å². The highest BCUT2D eigenvalue weighted by Gasteiger charge is 2.72. The van der Waals surface area contributed by atoms with Gasteiger partial charge in [-0.2, -0.15) is 0 Å². The van der Waals surface area contributed by atoms with Crippen LogP contribution in [0.2, 0.25) is 0 Å². The molecule has 0 amide bonds. The summed E-state index contributed by atoms with van der Waals surface area (Å²) >= 11 is 0. The van der Waals surface area contributed by atoms with Crippen molar-refractivity contribution in [1.29, 1.82) is 0 Å². The summed E-state index contributed by atoms with van der Waals surface area (Å²) in [5, 5.41) is 22.9. The maximum atomic E-state index is 11.9. The fourth-order valence-corrected chi connectivity index (χ4v) is 12.2. The Hall–Kier alpha value is -0.610. The van der Waals surface area contributed by atoms with Crippen LogP contribution in [0.5, 0.6) is 0 Å². The summed E-state index contributed by atoms with van der Waals surface area (Å²) in [5.74, 6) is 1.76. The topological polar surface area (TPSA) is 66.8 Å². The first-order valence-corrected chi connectivity index (χ1v) is 15.0. The average molecular weight is 503 g/mol. The zero-order chi connectivity index (χ0) is 26.7. The highest BCUT2D eigenvalue weighted by Crippen LogP contribution is 2.77. The van der Waals surface area contributed by atoms with Gasteiger partial charge in [0.1, 0.15) is 6.10 Å². The van der Waals surface area contributed by atoms with Gasteiger partial charge in [0.2, 0.25) is 0 Å². The Morgan fingerprint density at radius 2 is 1.28 bits per heavy atom. The molecule has 11 atom stereocenters. The van der Waals surface area contributed by atoms with E-state index in [9.17, 15) is 15.0 Å². The van der Waals surface area contributed by atoms with Crippen molar-refractivity contribution >= 4 is 5.97 Å². The van der Waals surface area contributed by atoms with Gasteiger partial charge in [0, 0.05) is 12.3 Å². The van der Waals surface area contributed by atoms with Gasteiger partial charge in [0.25, 0.3) is 0 Å². The number of aliphatic hydroxyl groups is 2. The summed E-state index contributed by atoms with van der Waals surface area (Å²) in [4.78, 5) is 11.9. The second-order valence-electron chi connectivity index (χ2n) is 16.3. The van der Waals surface area contributed by atoms with Gasteiger partial charge >= 0.3 is 5.97 Å². The molecule has 0 aromatic heterocycles. The van der Waals surface area contributed by atoms with Crippen LogP contribution in [-0.2, 0) is 9.53 Å². The Balaban J connectivity index is 1.51. The van der Waals surface area contributed by atoms with Crippen molar-refractivity contribution in [2.45, 2.75) is 138 Å². The summed E-state index contributed by atoms with van der Waals surface area (Å²) in [6.45, 7) is 20.7. The third-order valence-electron chi connectivity index (χ3n) is 14.2. The number of esters is 1. The van der Waals surface area contributed by atoms with Crippen LogP contribution in [0.4, 0.5) is 0 Å². The predicted molar refractivity (Wildman–Crippen MR) is 143 cm³/mol. The molecule has 4 nitrogen and oxygen atoms in total. The van der Waals surface area contributed by atoms with E-state index >= 15 is 0 Å². The molecule has 5 aliphatic carbocycles. The summed E-state index contributed by atoms with van der Waals surface area (Å²) in [5.41, 5.74) is 0.480. The SMILES string of the molecule is CC(=O)OC1C(O)CC2(C)C(CCC3(C)C2CCC2C4(C)CCC(C)(C)C(O)C4CCC23C)C1(C)C. The second-order valence-corrected chi connectivity index (χ2v) is 16.3. The molecule has 206 valence electrons. The van der Waals surface area contributed by atoms with E-state index in [1.807, 2.05) is 0 Å². The second kappa shape index (κ2) is 7.96. The lowest BCUT2D eigenvalue weighted by Crippen LogP contribution is -2.70. The highest BCUT2D eigenvalue weighted by atomic mass is 16.6. The van der Waals surface area contributed by atoms with E-state index in [0.29, 0.717) is 23.7 Å². The van der Waals surface area contributed by atoms with Crippen molar-refractivity contribution < 1.29 is 19.7 Å². The van der Waals surface area contributed by atoms with E-state index < -0.39 is 12.2 Å². The normalized spacial score (nSPS) is 55.4. The van der Waals surface area contributed by atoms with Gasteiger partial charge < -0.3 is 14.9 Å². The van der Waals surface area contributed by atoms with E-state index in [2.05, 4.69) is 55.4 Å². The smallest absolute Gasteiger partial charge is 0.303 e. The molecule has 5 fully saturated rings. The lowest BCUT2D eigenvalue weighted by Gasteiger charge is -2.74. The van der Waals surface area contributed by atoms with Gasteiger partial charge in [-0.05, 0) is 109 Å². The molecule has 2 N–H and O–H groups in total. The fraction of sp³-hybridized carbons (Fsp3) is 0.969. The van der Waals surface area contributed by atoms with E-state index in [0.717, 1.165) is 25.7 Å². The predicted octanol–water partition coefficient (Wildman–Crippen LogP) is 6.76. The van der Waals surface area contributed by atoms with Gasteiger partial charge in [-0.3, -0.25) is 4.79 Å². The van der Waals surface area contributed by atoms with Crippen molar-refractivity contribution in [3.05, 3.63) is 0 Å². The number of carbonyl (C=O) groups is 1. The number of carbonyl (C=O) groups excluding carboxylic acids is 1. The minimum absolute atomic E-state index is 0.0207. The number of hydrogen-bond donors (Lipinski definition) is 2. The summed E-state index contributed by atoms with van der Waals surface area (Å²) < 4.78 is 5.77. The number of aliphatic hydroxyl groups excluding tert-OH is 2. The molecule has 36 heavy (non-hydrogen) atoms. The molecule has 0 aliphatic heterocycles. The molecule has 5 aliphatic rings. The maximum absolute atomic E-state index is 11.9. The first-order valence-electron chi connectivity index (χ1n) is 15.0. The van der Waals surface area contributed by atoms with Crippen LogP contribution in [-0.4, -0.2) is 34.5 Å². The van der Waals surface area contributed by atoms with Crippen LogP contribution in [0, 0.1) is 56.2 Å². The molecular formula is C32H54O4. The minimum atomic E-state index is -0.609. The van der Waals surface area contributed by atoms with E-state index in [1.54, 1.807) is 0 Å². The molecule has 5 rings (SSSR count). The van der Waals surface area contributed by atoms with Crippen LogP contribution in [0.15, 0.2) is 0 Å². The zero-order valence-electron chi connectivity index (χ0n) is 24.6. The molecule has 0 heterocycles. The molecule has 0 spiro atoms. The lowest BCUT2D eigenvalue weighted by molar-refractivity contribution is -0.280. The van der Waals surface area contributed by atoms with Crippen molar-refractivity contribution in [2.24, 2.45) is 56.2 Å². The average Bonchev–Trinajstić information content (AvgIpc) is 2.75. The van der Waals surface area contributed by atoms with Crippen molar-refractivity contribution in [3.63, 3.8) is 0 Å². The Kier molecular flexibility index (Phi) is 5.97. The minimum Gasteiger partial charge on any atom is -0.459 e. The van der Waals surface area contributed by atoms with E-state index in [1.165, 1.54) is 39.0 Å². The quantitative estimate of drug-likeness (QED) is 0.389. The van der Waals surface area contributed by atoms with Gasteiger partial charge in [0.05, 0.1) is 12.2 Å². The van der Waals surface area contributed by atoms with Crippen molar-refractivity contribution in [2.75, 3.05) is 0 Å². The van der Waals surface area contributed by atoms with Gasteiger partial charge in [0.15, 0.2) is 0 Å². The van der Waals surface area contributed by atoms with E-state index in [-0.39, 0.29) is 44.6 Å². The Bertz CT molecular complexity index is 910. The van der Waals surface area contributed by atoms with Crippen LogP contribution >= 0.6 is 0 Å². The van der Waals surface area contributed by atoms with Gasteiger partial charge in [-0.25, -0.2) is 0 Å². The third kappa shape index (κ3) is 3.28. The van der Waals surface area contributed by atoms with Crippen LogP contribution in [0.1, 0.15) is 120 Å². The number of hydrogen-bond acceptors (Lipinski definition) is 4. The van der Waals surface area contributed by atoms with Crippen molar-refractivity contribution in [1.82, 2.24) is 0 Å². The summed E-state index contributed by atoms with van der Waals surface area (Å²) in [7, 11) is 0. The first-order chi connectivity index (χ1) is 16.4. The maximum Gasteiger partial charge on any atom is 0.303 e. The Morgan fingerprint density at radius 1 is 0.722 bits per heavy atom. The largest absolute Gasteiger partial charge is 0.459 e. The van der Waals surface area contributed by atoms with Gasteiger partial charge in [-0.15, -0.1) is 0 Å². The molecule has 0 radical (unpaired) electrons. The molecule has 0 saturated heterocycles. The Morgan fingerprint density at radius 3 is 1.86 bits per heavy atom. The number of rotatable bonds is 1. The lowest BCUT2D eigenvalue weighted by atomic mass is 9.30. The summed E-state index contributed by atoms with van der Waals surface area (Å²) in [6.07, 6.45) is 9.00. The molecule has 0 aromatic rings. The Labute approximate surface area is 220 Å². The molecule has 4 heteroatoms. The highest BCUT2D eigenvalue weighted by molar-refractivity contribution is 5.66. The first kappa shape index (κ1) is 27.0. The standard InChI is InChI=1S/C32H54O4/c1-19(33)36-26-21(34)18-30(7)22(28(26,4)5)13-15-32(9)24(30)11-10-23-29(6)17-16-27(2,3)25(35)20(29)12-14-31(23,32)8/h20-26,34-35H,10-18H2,1-9H3. The monoisotopic (exact) mass is 502 g/mol. The molecular weight excluding hydrogens is 448 g/mol. The fourth-order valence-electron chi connectivity index (χ4n) is 12.2. The zero-order valence-corrected chi connectivity index (χ0v) is 24.6. The molecule has 5 saturated carbocycles. The third-order valence-corrected chi connectivity index (χ3v) is 14.2. The van der Waals surface area contributed by atoms with Crippen LogP contribution in [0.25, 0.3) is 0 Å². The van der Waals surface area contributed by atoms with Crippen molar-refractivity contribution in [3.8, 4) is 0 Å². The summed E-state index contributed by atoms with van der Waals surface area (Å²) in [6, 6.07) is 0. The van der Waals surface area contributed by atoms with Crippen LogP contribution in [0.3, 0.4) is 0 Å². The molecule has 11 unspecified atom stereocenters. The molecule has 0 bridgehead atoms. The van der Waals surface area contributed by atoms with E-state index in [4.69, 9.17) is 4.74 Å². The molecule has 0 aromatic carbocycles.